The smallest absolute Gasteiger partial charge is 0.255 e. The Labute approximate surface area is 200 Å². The van der Waals surface area contributed by atoms with Crippen molar-refractivity contribution in [1.82, 2.24) is 4.98 Å². The number of carbonyl (C=O) groups is 1. The molecule has 1 amide bonds. The van der Waals surface area contributed by atoms with Crippen LogP contribution in [0, 0.1) is 0 Å². The molecule has 0 unspecified atom stereocenters. The van der Waals surface area contributed by atoms with E-state index in [-0.39, 0.29) is 17.0 Å². The number of fused-ring (bicyclic) bond motifs is 3. The molecule has 0 aliphatic carbocycles. The predicted molar refractivity (Wildman–Crippen MR) is 133 cm³/mol. The van der Waals surface area contributed by atoms with E-state index in [0.29, 0.717) is 11.3 Å². The predicted octanol–water partition coefficient (Wildman–Crippen LogP) is 5.23. The number of ether oxygens (including phenoxy) is 2. The topological polar surface area (TPSA) is 72.8 Å². The zero-order valence-corrected chi connectivity index (χ0v) is 20.2. The van der Waals surface area contributed by atoms with Crippen LogP contribution in [0.5, 0.6) is 11.5 Å². The third-order valence-electron chi connectivity index (χ3n) is 6.28. The first-order valence-corrected chi connectivity index (χ1v) is 11.5. The Balaban J connectivity index is 1.57. The summed E-state index contributed by atoms with van der Waals surface area (Å²) in [4.78, 5) is 21.8. The van der Waals surface area contributed by atoms with Crippen LogP contribution in [0.4, 0.5) is 5.69 Å². The molecule has 5 rings (SSSR count). The van der Waals surface area contributed by atoms with Gasteiger partial charge >= 0.3 is 0 Å². The van der Waals surface area contributed by atoms with Crippen molar-refractivity contribution in [2.75, 3.05) is 12.4 Å². The van der Waals surface area contributed by atoms with E-state index in [1.54, 1.807) is 31.6 Å². The number of hydrogen-bond acceptors (Lipinski definition) is 5. The average molecular weight is 456 g/mol. The van der Waals surface area contributed by atoms with Gasteiger partial charge in [0.2, 0.25) is 0 Å². The van der Waals surface area contributed by atoms with Gasteiger partial charge in [0.05, 0.1) is 18.4 Å². The van der Waals surface area contributed by atoms with Crippen molar-refractivity contribution in [2.24, 2.45) is 4.99 Å². The van der Waals surface area contributed by atoms with Gasteiger partial charge in [-0.15, -0.1) is 0 Å². The number of nitrogens with one attached hydrogen (secondary N) is 1. The second-order valence-electron chi connectivity index (χ2n) is 10.2. The number of pyridine rings is 1. The minimum atomic E-state index is -0.277. The number of rotatable bonds is 4. The largest absolute Gasteiger partial charge is 0.493 e. The van der Waals surface area contributed by atoms with Gasteiger partial charge in [0.25, 0.3) is 5.91 Å². The van der Waals surface area contributed by atoms with E-state index < -0.39 is 0 Å². The molecular weight excluding hydrogens is 426 g/mol. The summed E-state index contributed by atoms with van der Waals surface area (Å²) in [6.45, 7) is 8.53. The normalized spacial score (nSPS) is 17.1. The van der Waals surface area contributed by atoms with Gasteiger partial charge in [0.15, 0.2) is 11.5 Å². The lowest BCUT2D eigenvalue weighted by molar-refractivity contribution is 0.102. The first kappa shape index (κ1) is 22.1. The van der Waals surface area contributed by atoms with Crippen LogP contribution in [-0.4, -0.2) is 34.9 Å². The number of aliphatic imine (C=N–C) groups is 1. The summed E-state index contributed by atoms with van der Waals surface area (Å²) in [5.41, 5.74) is 6.11. The molecule has 2 aliphatic heterocycles. The van der Waals surface area contributed by atoms with Crippen molar-refractivity contribution >= 4 is 17.3 Å². The van der Waals surface area contributed by atoms with E-state index in [1.807, 2.05) is 30.3 Å². The molecule has 0 saturated carbocycles. The van der Waals surface area contributed by atoms with Crippen LogP contribution in [-0.2, 0) is 12.8 Å². The Hall–Kier alpha value is -3.67. The Bertz CT molecular complexity index is 1310. The SMILES string of the molecule is COc1cc2c(c3c1OC(C)(C)C3)CC(C)(C)N=C2c1cccc(NC(=O)c2ccncc2)c1. The molecule has 3 heterocycles. The number of methoxy groups -OCH3 is 1. The Morgan fingerprint density at radius 3 is 2.53 bits per heavy atom. The molecule has 6 heteroatoms. The van der Waals surface area contributed by atoms with Gasteiger partial charge in [-0.25, -0.2) is 0 Å². The summed E-state index contributed by atoms with van der Waals surface area (Å²) in [6.07, 6.45) is 4.87. The van der Waals surface area contributed by atoms with E-state index >= 15 is 0 Å². The summed E-state index contributed by atoms with van der Waals surface area (Å²) in [5, 5.41) is 2.99. The molecule has 0 saturated heterocycles. The maximum atomic E-state index is 12.7. The van der Waals surface area contributed by atoms with Gasteiger partial charge in [0.1, 0.15) is 5.60 Å². The number of amides is 1. The van der Waals surface area contributed by atoms with Gasteiger partial charge < -0.3 is 14.8 Å². The molecule has 1 N–H and O–H groups in total. The van der Waals surface area contributed by atoms with Crippen molar-refractivity contribution in [2.45, 2.75) is 51.7 Å². The van der Waals surface area contributed by atoms with Crippen LogP contribution >= 0.6 is 0 Å². The molecule has 6 nitrogen and oxygen atoms in total. The highest BCUT2D eigenvalue weighted by atomic mass is 16.5. The average Bonchev–Trinajstić information content (AvgIpc) is 3.14. The molecule has 2 aromatic carbocycles. The summed E-state index contributed by atoms with van der Waals surface area (Å²) in [6, 6.07) is 13.3. The third kappa shape index (κ3) is 4.04. The van der Waals surface area contributed by atoms with Crippen LogP contribution in [0.1, 0.15) is 60.3 Å². The molecule has 0 bridgehead atoms. The maximum Gasteiger partial charge on any atom is 0.255 e. The minimum Gasteiger partial charge on any atom is -0.493 e. The summed E-state index contributed by atoms with van der Waals surface area (Å²) in [7, 11) is 1.68. The number of benzene rings is 2. The van der Waals surface area contributed by atoms with Gasteiger partial charge in [-0.1, -0.05) is 12.1 Å². The Morgan fingerprint density at radius 1 is 1.03 bits per heavy atom. The lowest BCUT2D eigenvalue weighted by atomic mass is 9.80. The van der Waals surface area contributed by atoms with Gasteiger partial charge in [0, 0.05) is 46.8 Å². The van der Waals surface area contributed by atoms with Crippen LogP contribution < -0.4 is 14.8 Å². The molecule has 34 heavy (non-hydrogen) atoms. The fourth-order valence-electron chi connectivity index (χ4n) is 4.84. The lowest BCUT2D eigenvalue weighted by Crippen LogP contribution is -2.30. The van der Waals surface area contributed by atoms with Gasteiger partial charge in [-0.2, -0.15) is 0 Å². The lowest BCUT2D eigenvalue weighted by Gasteiger charge is -2.31. The fraction of sp³-hybridized carbons (Fsp3) is 0.321. The zero-order valence-electron chi connectivity index (χ0n) is 20.2. The number of aromatic nitrogens is 1. The molecule has 0 radical (unpaired) electrons. The summed E-state index contributed by atoms with van der Waals surface area (Å²) < 4.78 is 12.0. The summed E-state index contributed by atoms with van der Waals surface area (Å²) >= 11 is 0. The summed E-state index contributed by atoms with van der Waals surface area (Å²) in [5.74, 6) is 1.40. The molecular formula is C28H29N3O3. The van der Waals surface area contributed by atoms with E-state index in [0.717, 1.165) is 41.2 Å². The second-order valence-corrected chi connectivity index (χ2v) is 10.2. The minimum absolute atomic E-state index is 0.176. The van der Waals surface area contributed by atoms with Crippen molar-refractivity contribution in [3.63, 3.8) is 0 Å². The van der Waals surface area contributed by atoms with E-state index in [1.165, 1.54) is 11.1 Å². The first-order valence-electron chi connectivity index (χ1n) is 11.5. The van der Waals surface area contributed by atoms with Crippen LogP contribution in [0.15, 0.2) is 59.9 Å². The molecule has 2 aliphatic rings. The molecule has 0 fully saturated rings. The number of anilines is 1. The molecule has 0 spiro atoms. The highest BCUT2D eigenvalue weighted by Crippen LogP contribution is 2.47. The van der Waals surface area contributed by atoms with E-state index in [2.05, 4.69) is 38.0 Å². The van der Waals surface area contributed by atoms with Crippen molar-refractivity contribution in [3.8, 4) is 11.5 Å². The van der Waals surface area contributed by atoms with E-state index in [4.69, 9.17) is 14.5 Å². The second kappa shape index (κ2) is 7.97. The number of nitrogens with zero attached hydrogens (tertiary/aromatic N) is 2. The third-order valence-corrected chi connectivity index (χ3v) is 6.28. The van der Waals surface area contributed by atoms with Crippen molar-refractivity contribution in [3.05, 3.63) is 82.7 Å². The van der Waals surface area contributed by atoms with E-state index in [9.17, 15) is 4.79 Å². The standard InChI is InChI=1S/C28H29N3O3/c1-27(2)15-21-20(14-23(33-5)25-22(21)16-28(3,4)34-25)24(31-27)18-7-6-8-19(13-18)30-26(32)17-9-11-29-12-10-17/h6-14H,15-16H2,1-5H3,(H,30,32). The first-order chi connectivity index (χ1) is 16.2. The van der Waals surface area contributed by atoms with Crippen LogP contribution in [0.25, 0.3) is 0 Å². The van der Waals surface area contributed by atoms with Gasteiger partial charge in [-0.3, -0.25) is 14.8 Å². The monoisotopic (exact) mass is 455 g/mol. The molecule has 0 atom stereocenters. The van der Waals surface area contributed by atoms with Crippen molar-refractivity contribution < 1.29 is 14.3 Å². The van der Waals surface area contributed by atoms with Crippen molar-refractivity contribution in [1.29, 1.82) is 0 Å². The number of hydrogen-bond donors (Lipinski definition) is 1. The molecule has 174 valence electrons. The van der Waals surface area contributed by atoms with Crippen LogP contribution in [0.2, 0.25) is 0 Å². The molecule has 1 aromatic heterocycles. The highest BCUT2D eigenvalue weighted by molar-refractivity contribution is 6.16. The quantitative estimate of drug-likeness (QED) is 0.585. The molecule has 3 aromatic rings. The maximum absolute atomic E-state index is 12.7. The Morgan fingerprint density at radius 2 is 1.79 bits per heavy atom. The van der Waals surface area contributed by atoms with Crippen LogP contribution in [0.3, 0.4) is 0 Å². The number of carbonyl (C=O) groups excluding carboxylic acids is 1. The highest BCUT2D eigenvalue weighted by Gasteiger charge is 2.39. The fourth-order valence-corrected chi connectivity index (χ4v) is 4.84. The zero-order chi connectivity index (χ0) is 24.1. The van der Waals surface area contributed by atoms with Gasteiger partial charge in [-0.05, 0) is 70.0 Å². The Kier molecular flexibility index (Phi) is 5.19.